The highest BCUT2D eigenvalue weighted by Crippen LogP contribution is 2.13. The molecule has 1 aliphatic heterocycles. The molecular formula is C10H22N4O. The van der Waals surface area contributed by atoms with Gasteiger partial charge in [-0.1, -0.05) is 0 Å². The van der Waals surface area contributed by atoms with Crippen molar-refractivity contribution in [3.8, 4) is 0 Å². The zero-order valence-electron chi connectivity index (χ0n) is 9.70. The van der Waals surface area contributed by atoms with Crippen molar-refractivity contribution in [2.45, 2.75) is 32.8 Å². The molecule has 0 radical (unpaired) electrons. The van der Waals surface area contributed by atoms with Crippen molar-refractivity contribution in [2.24, 2.45) is 10.8 Å². The number of likely N-dealkylation sites (tertiary alicyclic amines) is 1. The van der Waals surface area contributed by atoms with E-state index in [1.807, 2.05) is 13.8 Å². The maximum Gasteiger partial charge on any atom is 0.208 e. The number of nitrogens with zero attached hydrogens (tertiary/aromatic N) is 2. The van der Waals surface area contributed by atoms with Gasteiger partial charge in [0.25, 0.3) is 0 Å². The molecule has 1 rings (SSSR count). The summed E-state index contributed by atoms with van der Waals surface area (Å²) in [6.45, 7) is 7.53. The Labute approximate surface area is 91.6 Å². The largest absolute Gasteiger partial charge is 0.378 e. The van der Waals surface area contributed by atoms with Gasteiger partial charge in [0.1, 0.15) is 0 Å². The van der Waals surface area contributed by atoms with Gasteiger partial charge >= 0.3 is 0 Å². The molecule has 88 valence electrons. The fraction of sp³-hybridized carbons (Fsp3) is 0.900. The predicted molar refractivity (Wildman–Crippen MR) is 61.5 cm³/mol. The highest BCUT2D eigenvalue weighted by Gasteiger charge is 2.20. The Balaban J connectivity index is 2.38. The summed E-state index contributed by atoms with van der Waals surface area (Å²) in [5.41, 5.74) is 2.65. The molecule has 0 aromatic rings. The van der Waals surface area contributed by atoms with Crippen LogP contribution in [0.4, 0.5) is 0 Å². The van der Waals surface area contributed by atoms with Crippen LogP contribution in [0.2, 0.25) is 0 Å². The number of aliphatic imine (C=N–C) groups is 1. The third kappa shape index (κ3) is 3.68. The molecule has 0 amide bonds. The number of nitrogens with one attached hydrogen (secondary N) is 1. The third-order valence-electron chi connectivity index (χ3n) is 2.58. The lowest BCUT2D eigenvalue weighted by atomic mass is 10.1. The van der Waals surface area contributed by atoms with Crippen molar-refractivity contribution in [1.82, 2.24) is 10.3 Å². The lowest BCUT2D eigenvalue weighted by Crippen LogP contribution is -2.49. The molecule has 0 unspecified atom stereocenters. The van der Waals surface area contributed by atoms with Gasteiger partial charge in [-0.05, 0) is 26.7 Å². The molecule has 1 saturated heterocycles. The van der Waals surface area contributed by atoms with Crippen LogP contribution in [0.1, 0.15) is 26.7 Å². The Hall–Kier alpha value is -0.810. The first kappa shape index (κ1) is 12.3. The van der Waals surface area contributed by atoms with Crippen molar-refractivity contribution in [3.05, 3.63) is 0 Å². The minimum atomic E-state index is 0.409. The van der Waals surface area contributed by atoms with E-state index in [0.29, 0.717) is 6.10 Å². The lowest BCUT2D eigenvalue weighted by Gasteiger charge is -2.33. The molecular weight excluding hydrogens is 192 g/mol. The fourth-order valence-electron chi connectivity index (χ4n) is 1.86. The van der Waals surface area contributed by atoms with Crippen LogP contribution >= 0.6 is 0 Å². The van der Waals surface area contributed by atoms with E-state index >= 15 is 0 Å². The normalized spacial score (nSPS) is 19.4. The van der Waals surface area contributed by atoms with Crippen LogP contribution in [0.25, 0.3) is 0 Å². The lowest BCUT2D eigenvalue weighted by molar-refractivity contribution is 0.0263. The fourth-order valence-corrected chi connectivity index (χ4v) is 1.86. The number of nitrogens with two attached hydrogens (primary N) is 1. The maximum absolute atomic E-state index is 5.59. The van der Waals surface area contributed by atoms with Crippen LogP contribution < -0.4 is 11.3 Å². The van der Waals surface area contributed by atoms with E-state index in [1.165, 1.54) is 0 Å². The topological polar surface area (TPSA) is 62.9 Å². The average Bonchev–Trinajstić information content (AvgIpc) is 2.28. The summed E-state index contributed by atoms with van der Waals surface area (Å²) >= 11 is 0. The summed E-state index contributed by atoms with van der Waals surface area (Å²) in [7, 11) is 0. The van der Waals surface area contributed by atoms with Crippen molar-refractivity contribution < 1.29 is 4.74 Å². The SMILES string of the molecule is CCN=C(NN)N1CCC(OCC)CC1. The van der Waals surface area contributed by atoms with Gasteiger partial charge in [0.05, 0.1) is 6.10 Å². The maximum atomic E-state index is 5.59. The predicted octanol–water partition coefficient (Wildman–Crippen LogP) is 0.327. The molecule has 0 bridgehead atoms. The smallest absolute Gasteiger partial charge is 0.208 e. The number of guanidine groups is 1. The zero-order valence-corrected chi connectivity index (χ0v) is 9.70. The monoisotopic (exact) mass is 214 g/mol. The molecule has 0 saturated carbocycles. The van der Waals surface area contributed by atoms with E-state index < -0.39 is 0 Å². The van der Waals surface area contributed by atoms with E-state index in [0.717, 1.165) is 45.0 Å². The molecule has 0 aromatic heterocycles. The molecule has 0 aliphatic carbocycles. The summed E-state index contributed by atoms with van der Waals surface area (Å²) in [6.07, 6.45) is 2.52. The highest BCUT2D eigenvalue weighted by atomic mass is 16.5. The van der Waals surface area contributed by atoms with Gasteiger partial charge in [0.2, 0.25) is 5.96 Å². The van der Waals surface area contributed by atoms with Gasteiger partial charge in [0, 0.05) is 26.2 Å². The minimum absolute atomic E-state index is 0.409. The van der Waals surface area contributed by atoms with E-state index in [9.17, 15) is 0 Å². The molecule has 1 aliphatic rings. The van der Waals surface area contributed by atoms with E-state index in [2.05, 4.69) is 15.3 Å². The van der Waals surface area contributed by atoms with Gasteiger partial charge in [-0.25, -0.2) is 5.84 Å². The van der Waals surface area contributed by atoms with Crippen molar-refractivity contribution in [2.75, 3.05) is 26.2 Å². The molecule has 5 heteroatoms. The molecule has 1 heterocycles. The molecule has 0 atom stereocenters. The number of hydrogen-bond donors (Lipinski definition) is 2. The quantitative estimate of drug-likeness (QED) is 0.307. The second-order valence-corrected chi connectivity index (χ2v) is 3.58. The van der Waals surface area contributed by atoms with Crippen molar-refractivity contribution in [1.29, 1.82) is 0 Å². The number of ether oxygens (including phenoxy) is 1. The molecule has 1 fully saturated rings. The van der Waals surface area contributed by atoms with Gasteiger partial charge in [-0.2, -0.15) is 0 Å². The van der Waals surface area contributed by atoms with Crippen LogP contribution in [0.5, 0.6) is 0 Å². The zero-order chi connectivity index (χ0) is 11.1. The highest BCUT2D eigenvalue weighted by molar-refractivity contribution is 5.79. The minimum Gasteiger partial charge on any atom is -0.378 e. The Morgan fingerprint density at radius 2 is 2.13 bits per heavy atom. The second kappa shape index (κ2) is 6.63. The number of hydrazine groups is 1. The summed E-state index contributed by atoms with van der Waals surface area (Å²) in [4.78, 5) is 6.48. The summed E-state index contributed by atoms with van der Waals surface area (Å²) < 4.78 is 5.59. The third-order valence-corrected chi connectivity index (χ3v) is 2.58. The summed E-state index contributed by atoms with van der Waals surface area (Å²) in [6, 6.07) is 0. The van der Waals surface area contributed by atoms with Crippen LogP contribution in [0.3, 0.4) is 0 Å². The Kier molecular flexibility index (Phi) is 5.42. The van der Waals surface area contributed by atoms with Crippen LogP contribution in [-0.2, 0) is 4.74 Å². The summed E-state index contributed by atoms with van der Waals surface area (Å²) in [5, 5.41) is 0. The number of piperidine rings is 1. The standard InChI is InChI=1S/C10H22N4O/c1-3-12-10(13-11)14-7-5-9(6-8-14)15-4-2/h9H,3-8,11H2,1-2H3,(H,12,13). The van der Waals surface area contributed by atoms with Gasteiger partial charge in [-0.15, -0.1) is 0 Å². The molecule has 3 N–H and O–H groups in total. The molecule has 15 heavy (non-hydrogen) atoms. The van der Waals surface area contributed by atoms with Crippen LogP contribution in [-0.4, -0.2) is 43.2 Å². The Morgan fingerprint density at radius 1 is 1.47 bits per heavy atom. The van der Waals surface area contributed by atoms with Gasteiger partial charge < -0.3 is 9.64 Å². The number of rotatable bonds is 3. The van der Waals surface area contributed by atoms with E-state index in [-0.39, 0.29) is 0 Å². The first-order chi connectivity index (χ1) is 7.31. The first-order valence-corrected chi connectivity index (χ1v) is 5.69. The van der Waals surface area contributed by atoms with E-state index in [1.54, 1.807) is 0 Å². The van der Waals surface area contributed by atoms with Crippen LogP contribution in [0, 0.1) is 0 Å². The Bertz CT molecular complexity index is 200. The molecule has 0 spiro atoms. The van der Waals surface area contributed by atoms with Crippen LogP contribution in [0.15, 0.2) is 4.99 Å². The Morgan fingerprint density at radius 3 is 2.60 bits per heavy atom. The second-order valence-electron chi connectivity index (χ2n) is 3.58. The average molecular weight is 214 g/mol. The molecule has 5 nitrogen and oxygen atoms in total. The summed E-state index contributed by atoms with van der Waals surface area (Å²) in [5.74, 6) is 6.23. The van der Waals surface area contributed by atoms with Crippen molar-refractivity contribution >= 4 is 5.96 Å². The van der Waals surface area contributed by atoms with Gasteiger partial charge in [-0.3, -0.25) is 10.4 Å². The van der Waals surface area contributed by atoms with Gasteiger partial charge in [0.15, 0.2) is 0 Å². The molecule has 0 aromatic carbocycles. The van der Waals surface area contributed by atoms with E-state index in [4.69, 9.17) is 10.6 Å². The number of hydrogen-bond acceptors (Lipinski definition) is 3. The first-order valence-electron chi connectivity index (χ1n) is 5.69. The van der Waals surface area contributed by atoms with Crippen molar-refractivity contribution in [3.63, 3.8) is 0 Å².